The van der Waals surface area contributed by atoms with Gasteiger partial charge in [0.05, 0.1) is 6.26 Å². The van der Waals surface area contributed by atoms with Crippen molar-refractivity contribution in [1.82, 2.24) is 9.21 Å². The molecule has 126 valence electrons. The third-order valence-corrected chi connectivity index (χ3v) is 6.04. The van der Waals surface area contributed by atoms with E-state index < -0.39 is 10.0 Å². The maximum Gasteiger partial charge on any atom is 0.226 e. The summed E-state index contributed by atoms with van der Waals surface area (Å²) in [5.41, 5.74) is 1.15. The van der Waals surface area contributed by atoms with E-state index in [-0.39, 0.29) is 11.8 Å². The zero-order chi connectivity index (χ0) is 16.4. The number of sulfonamides is 1. The second-order valence-corrected chi connectivity index (χ2v) is 8.60. The summed E-state index contributed by atoms with van der Waals surface area (Å²) in [6, 6.07) is 10.4. The van der Waals surface area contributed by atoms with Gasteiger partial charge >= 0.3 is 0 Å². The molecule has 0 atom stereocenters. The Hall–Kier alpha value is -1.40. The largest absolute Gasteiger partial charge is 0.335 e. The van der Waals surface area contributed by atoms with E-state index >= 15 is 0 Å². The fraction of sp³-hybridized carbons (Fsp3) is 0.588. The van der Waals surface area contributed by atoms with Crippen LogP contribution in [0.2, 0.25) is 0 Å². The first-order valence-corrected chi connectivity index (χ1v) is 10.1. The number of nitrogens with zero attached hydrogens (tertiary/aromatic N) is 2. The summed E-state index contributed by atoms with van der Waals surface area (Å²) in [7, 11) is -3.14. The van der Waals surface area contributed by atoms with E-state index in [1.165, 1.54) is 10.6 Å². The lowest BCUT2D eigenvalue weighted by Gasteiger charge is -2.33. The molecule has 0 bridgehead atoms. The van der Waals surface area contributed by atoms with Gasteiger partial charge < -0.3 is 4.90 Å². The first-order chi connectivity index (χ1) is 10.9. The van der Waals surface area contributed by atoms with Gasteiger partial charge in [0, 0.05) is 31.6 Å². The van der Waals surface area contributed by atoms with Crippen molar-refractivity contribution in [3.05, 3.63) is 35.9 Å². The first kappa shape index (κ1) is 16.5. The molecule has 1 amide bonds. The number of carbonyl (C=O) groups excluding carboxylic acids is 1. The van der Waals surface area contributed by atoms with Crippen LogP contribution in [0.3, 0.4) is 0 Å². The number of hydrogen-bond acceptors (Lipinski definition) is 3. The van der Waals surface area contributed by atoms with E-state index in [2.05, 4.69) is 12.1 Å². The van der Waals surface area contributed by atoms with E-state index in [9.17, 15) is 13.2 Å². The summed E-state index contributed by atoms with van der Waals surface area (Å²) in [5.74, 6) is 0.154. The number of piperidine rings is 1. The van der Waals surface area contributed by atoms with Gasteiger partial charge in [-0.15, -0.1) is 0 Å². The molecular formula is C17H24N2O3S. The average Bonchev–Trinajstić information content (AvgIpc) is 3.37. The molecule has 0 aromatic heterocycles. The normalized spacial score (nSPS) is 20.4. The Balaban J connectivity index is 1.64. The molecule has 0 radical (unpaired) electrons. The quantitative estimate of drug-likeness (QED) is 0.824. The molecule has 2 fully saturated rings. The lowest BCUT2D eigenvalue weighted by molar-refractivity contribution is -0.138. The van der Waals surface area contributed by atoms with Crippen LogP contribution in [0.5, 0.6) is 0 Å². The van der Waals surface area contributed by atoms with Crippen LogP contribution in [0.4, 0.5) is 0 Å². The van der Waals surface area contributed by atoms with Crippen molar-refractivity contribution in [2.24, 2.45) is 5.92 Å². The van der Waals surface area contributed by atoms with Crippen molar-refractivity contribution in [2.45, 2.75) is 38.3 Å². The van der Waals surface area contributed by atoms with Gasteiger partial charge in [0.25, 0.3) is 0 Å². The van der Waals surface area contributed by atoms with Crippen LogP contribution in [0, 0.1) is 5.92 Å². The highest BCUT2D eigenvalue weighted by atomic mass is 32.2. The minimum atomic E-state index is -3.14. The Labute approximate surface area is 138 Å². The van der Waals surface area contributed by atoms with Crippen molar-refractivity contribution in [1.29, 1.82) is 0 Å². The molecule has 1 heterocycles. The molecule has 1 aliphatic heterocycles. The fourth-order valence-corrected chi connectivity index (χ4v) is 4.10. The summed E-state index contributed by atoms with van der Waals surface area (Å²) >= 11 is 0. The first-order valence-electron chi connectivity index (χ1n) is 8.24. The molecule has 3 rings (SSSR count). The monoisotopic (exact) mass is 336 g/mol. The number of amides is 1. The van der Waals surface area contributed by atoms with Gasteiger partial charge in [-0.25, -0.2) is 12.7 Å². The number of rotatable bonds is 5. The van der Waals surface area contributed by atoms with Crippen LogP contribution in [-0.4, -0.2) is 48.9 Å². The van der Waals surface area contributed by atoms with Crippen molar-refractivity contribution < 1.29 is 13.2 Å². The predicted molar refractivity (Wildman–Crippen MR) is 89.2 cm³/mol. The molecule has 1 saturated carbocycles. The van der Waals surface area contributed by atoms with Crippen LogP contribution in [0.15, 0.2) is 30.3 Å². The minimum Gasteiger partial charge on any atom is -0.335 e. The van der Waals surface area contributed by atoms with Gasteiger partial charge in [-0.05, 0) is 31.2 Å². The molecule has 0 spiro atoms. The minimum absolute atomic E-state index is 0.0442. The maximum atomic E-state index is 12.9. The third-order valence-electron chi connectivity index (χ3n) is 4.74. The van der Waals surface area contributed by atoms with Crippen molar-refractivity contribution in [3.63, 3.8) is 0 Å². The van der Waals surface area contributed by atoms with Crippen molar-refractivity contribution in [2.75, 3.05) is 19.3 Å². The van der Waals surface area contributed by atoms with E-state index in [0.717, 1.165) is 18.4 Å². The molecule has 5 nitrogen and oxygen atoms in total. The van der Waals surface area contributed by atoms with Gasteiger partial charge in [-0.1, -0.05) is 30.3 Å². The molecule has 1 saturated heterocycles. The van der Waals surface area contributed by atoms with E-state index in [1.54, 1.807) is 0 Å². The van der Waals surface area contributed by atoms with Crippen LogP contribution in [0.1, 0.15) is 31.2 Å². The topological polar surface area (TPSA) is 57.7 Å². The molecule has 1 aromatic rings. The van der Waals surface area contributed by atoms with Crippen LogP contribution < -0.4 is 0 Å². The Morgan fingerprint density at radius 3 is 2.26 bits per heavy atom. The van der Waals surface area contributed by atoms with E-state index in [1.807, 2.05) is 23.1 Å². The molecule has 23 heavy (non-hydrogen) atoms. The van der Waals surface area contributed by atoms with Gasteiger partial charge in [0.2, 0.25) is 15.9 Å². The molecule has 2 aliphatic rings. The van der Waals surface area contributed by atoms with Crippen LogP contribution in [-0.2, 0) is 21.4 Å². The molecule has 0 N–H and O–H groups in total. The average molecular weight is 336 g/mol. The highest BCUT2D eigenvalue weighted by Crippen LogP contribution is 2.32. The Morgan fingerprint density at radius 2 is 1.74 bits per heavy atom. The fourth-order valence-electron chi connectivity index (χ4n) is 3.22. The summed E-state index contributed by atoms with van der Waals surface area (Å²) < 4.78 is 24.7. The van der Waals surface area contributed by atoms with Gasteiger partial charge in [-0.2, -0.15) is 0 Å². The standard InChI is InChI=1S/C17H24N2O3S/c1-23(21,22)18-11-9-15(10-12-18)17(20)19(16-7-8-16)13-14-5-3-2-4-6-14/h2-6,15-16H,7-13H2,1H3. The third kappa shape index (κ3) is 4.12. The zero-order valence-corrected chi connectivity index (χ0v) is 14.3. The number of carbonyl (C=O) groups is 1. The molecular weight excluding hydrogens is 312 g/mol. The SMILES string of the molecule is CS(=O)(=O)N1CCC(C(=O)N(Cc2ccccc2)C2CC2)CC1. The summed E-state index contributed by atoms with van der Waals surface area (Å²) in [5, 5.41) is 0. The molecule has 1 aromatic carbocycles. The number of hydrogen-bond donors (Lipinski definition) is 0. The zero-order valence-electron chi connectivity index (χ0n) is 13.5. The van der Waals surface area contributed by atoms with Crippen LogP contribution in [0.25, 0.3) is 0 Å². The van der Waals surface area contributed by atoms with E-state index in [0.29, 0.717) is 38.5 Å². The summed E-state index contributed by atoms with van der Waals surface area (Å²) in [4.78, 5) is 14.9. The van der Waals surface area contributed by atoms with Gasteiger partial charge in [-0.3, -0.25) is 4.79 Å². The maximum absolute atomic E-state index is 12.9. The summed E-state index contributed by atoms with van der Waals surface area (Å²) in [6.07, 6.45) is 4.66. The highest BCUT2D eigenvalue weighted by Gasteiger charge is 2.37. The Kier molecular flexibility index (Phi) is 4.73. The van der Waals surface area contributed by atoms with Gasteiger partial charge in [0.15, 0.2) is 0 Å². The van der Waals surface area contributed by atoms with Gasteiger partial charge in [0.1, 0.15) is 0 Å². The van der Waals surface area contributed by atoms with Crippen LogP contribution >= 0.6 is 0 Å². The lowest BCUT2D eigenvalue weighted by Crippen LogP contribution is -2.44. The second-order valence-electron chi connectivity index (χ2n) is 6.62. The van der Waals surface area contributed by atoms with Crippen molar-refractivity contribution in [3.8, 4) is 0 Å². The predicted octanol–water partition coefficient (Wildman–Crippen LogP) is 1.85. The Morgan fingerprint density at radius 1 is 1.13 bits per heavy atom. The molecule has 0 unspecified atom stereocenters. The Bertz CT molecular complexity index is 648. The molecule has 6 heteroatoms. The van der Waals surface area contributed by atoms with Crippen molar-refractivity contribution >= 4 is 15.9 Å². The highest BCUT2D eigenvalue weighted by molar-refractivity contribution is 7.88. The van der Waals surface area contributed by atoms with E-state index in [4.69, 9.17) is 0 Å². The summed E-state index contributed by atoms with van der Waals surface area (Å²) in [6.45, 7) is 1.58. The second kappa shape index (κ2) is 6.61. The molecule has 1 aliphatic carbocycles. The lowest BCUT2D eigenvalue weighted by atomic mass is 9.96. The smallest absolute Gasteiger partial charge is 0.226 e. The number of benzene rings is 1.